The van der Waals surface area contributed by atoms with Gasteiger partial charge in [-0.2, -0.15) is 0 Å². The van der Waals surface area contributed by atoms with Crippen LogP contribution in [0.15, 0.2) is 24.3 Å². The Labute approximate surface area is 70.0 Å². The molecular formula is C7H8BNO3. The van der Waals surface area contributed by atoms with Crippen LogP contribution in [0.25, 0.3) is 0 Å². The summed E-state index contributed by atoms with van der Waals surface area (Å²) in [6.07, 6.45) is 0.560. The standard InChI is InChI=1S/C7H8BNO3/c10-5-9-7-3-1-6(2-4-7)8(11)12/h1-5,11-12H,(H,9,10). The van der Waals surface area contributed by atoms with E-state index in [4.69, 9.17) is 10.0 Å². The quantitative estimate of drug-likeness (QED) is 0.394. The second-order valence-corrected chi connectivity index (χ2v) is 2.26. The molecule has 3 N–H and O–H groups in total. The van der Waals surface area contributed by atoms with Gasteiger partial charge in [0.15, 0.2) is 0 Å². The van der Waals surface area contributed by atoms with Gasteiger partial charge in [0.05, 0.1) is 0 Å². The van der Waals surface area contributed by atoms with Crippen molar-refractivity contribution in [3.05, 3.63) is 24.3 Å². The van der Waals surface area contributed by atoms with Crippen LogP contribution >= 0.6 is 0 Å². The number of amides is 1. The van der Waals surface area contributed by atoms with Gasteiger partial charge in [0.25, 0.3) is 0 Å². The third-order valence-corrected chi connectivity index (χ3v) is 1.43. The number of anilines is 1. The molecule has 0 bridgehead atoms. The summed E-state index contributed by atoms with van der Waals surface area (Å²) in [6.45, 7) is 0. The Morgan fingerprint density at radius 3 is 2.25 bits per heavy atom. The lowest BCUT2D eigenvalue weighted by molar-refractivity contribution is -0.105. The van der Waals surface area contributed by atoms with Crippen molar-refractivity contribution < 1.29 is 14.8 Å². The maximum atomic E-state index is 9.98. The van der Waals surface area contributed by atoms with Crippen molar-refractivity contribution in [3.63, 3.8) is 0 Å². The smallest absolute Gasteiger partial charge is 0.423 e. The van der Waals surface area contributed by atoms with Gasteiger partial charge in [-0.25, -0.2) is 0 Å². The molecule has 5 heteroatoms. The average molecular weight is 165 g/mol. The molecule has 0 unspecified atom stereocenters. The number of carbonyl (C=O) groups excluding carboxylic acids is 1. The van der Waals surface area contributed by atoms with Crippen molar-refractivity contribution in [2.45, 2.75) is 0 Å². The van der Waals surface area contributed by atoms with E-state index in [2.05, 4.69) is 5.32 Å². The van der Waals surface area contributed by atoms with Crippen molar-refractivity contribution in [3.8, 4) is 0 Å². The van der Waals surface area contributed by atoms with E-state index in [-0.39, 0.29) is 0 Å². The van der Waals surface area contributed by atoms with Gasteiger partial charge in [-0.05, 0) is 17.6 Å². The van der Waals surface area contributed by atoms with E-state index in [1.54, 1.807) is 12.1 Å². The third kappa shape index (κ3) is 2.08. The predicted molar refractivity (Wildman–Crippen MR) is 46.0 cm³/mol. The highest BCUT2D eigenvalue weighted by atomic mass is 16.4. The Balaban J connectivity index is 2.78. The van der Waals surface area contributed by atoms with E-state index in [1.807, 2.05) is 0 Å². The zero-order chi connectivity index (χ0) is 8.97. The Kier molecular flexibility index (Phi) is 2.84. The van der Waals surface area contributed by atoms with Crippen LogP contribution < -0.4 is 10.8 Å². The van der Waals surface area contributed by atoms with E-state index in [9.17, 15) is 4.79 Å². The molecule has 62 valence electrons. The summed E-state index contributed by atoms with van der Waals surface area (Å²) in [5.41, 5.74) is 1.01. The maximum absolute atomic E-state index is 9.98. The van der Waals surface area contributed by atoms with Crippen molar-refractivity contribution in [1.82, 2.24) is 0 Å². The van der Waals surface area contributed by atoms with Crippen molar-refractivity contribution in [1.29, 1.82) is 0 Å². The highest BCUT2D eigenvalue weighted by molar-refractivity contribution is 6.58. The predicted octanol–water partition coefficient (Wildman–Crippen LogP) is -1.07. The molecule has 0 fully saturated rings. The third-order valence-electron chi connectivity index (χ3n) is 1.43. The van der Waals surface area contributed by atoms with Gasteiger partial charge in [0.2, 0.25) is 6.41 Å². The van der Waals surface area contributed by atoms with E-state index < -0.39 is 7.12 Å². The average Bonchev–Trinajstić information content (AvgIpc) is 2.06. The monoisotopic (exact) mass is 165 g/mol. The highest BCUT2D eigenvalue weighted by Crippen LogP contribution is 2.01. The van der Waals surface area contributed by atoms with Crippen LogP contribution in [0.5, 0.6) is 0 Å². The fourth-order valence-electron chi connectivity index (χ4n) is 0.820. The van der Waals surface area contributed by atoms with E-state index in [0.717, 1.165) is 0 Å². The molecule has 0 saturated carbocycles. The van der Waals surface area contributed by atoms with Gasteiger partial charge >= 0.3 is 7.12 Å². The Hall–Kier alpha value is -1.33. The molecule has 4 nitrogen and oxygen atoms in total. The molecular weight excluding hydrogens is 157 g/mol. The number of benzene rings is 1. The lowest BCUT2D eigenvalue weighted by Gasteiger charge is -2.00. The molecule has 1 rings (SSSR count). The SMILES string of the molecule is O=CNc1ccc(B(O)O)cc1. The Bertz CT molecular complexity index is 260. The molecule has 0 radical (unpaired) electrons. The number of carbonyl (C=O) groups is 1. The van der Waals surface area contributed by atoms with Crippen LogP contribution in [-0.4, -0.2) is 23.6 Å². The van der Waals surface area contributed by atoms with Crippen LogP contribution in [0.1, 0.15) is 0 Å². The molecule has 0 aromatic heterocycles. The van der Waals surface area contributed by atoms with Crippen LogP contribution in [0, 0.1) is 0 Å². The largest absolute Gasteiger partial charge is 0.488 e. The van der Waals surface area contributed by atoms with Gasteiger partial charge in [-0.15, -0.1) is 0 Å². The second kappa shape index (κ2) is 3.89. The van der Waals surface area contributed by atoms with Crippen molar-refractivity contribution in [2.24, 2.45) is 0 Å². The second-order valence-electron chi connectivity index (χ2n) is 2.26. The fraction of sp³-hybridized carbons (Fsp3) is 0. The minimum Gasteiger partial charge on any atom is -0.423 e. The molecule has 0 spiro atoms. The van der Waals surface area contributed by atoms with Gasteiger partial charge in [-0.1, -0.05) is 12.1 Å². The summed E-state index contributed by atoms with van der Waals surface area (Å²) in [5, 5.41) is 19.9. The van der Waals surface area contributed by atoms with E-state index in [1.165, 1.54) is 12.1 Å². The van der Waals surface area contributed by atoms with Gasteiger partial charge in [0, 0.05) is 5.69 Å². The number of hydrogen-bond acceptors (Lipinski definition) is 3. The van der Waals surface area contributed by atoms with Crippen LogP contribution in [0.4, 0.5) is 5.69 Å². The van der Waals surface area contributed by atoms with Crippen LogP contribution in [0.3, 0.4) is 0 Å². The first-order chi connectivity index (χ1) is 5.74. The lowest BCUT2D eigenvalue weighted by Crippen LogP contribution is -2.29. The summed E-state index contributed by atoms with van der Waals surface area (Å²) in [6, 6.07) is 6.22. The maximum Gasteiger partial charge on any atom is 0.488 e. The topological polar surface area (TPSA) is 69.6 Å². The summed E-state index contributed by atoms with van der Waals surface area (Å²) in [5.74, 6) is 0. The first-order valence-electron chi connectivity index (χ1n) is 3.40. The molecule has 0 saturated heterocycles. The van der Waals surface area contributed by atoms with Gasteiger partial charge in [0.1, 0.15) is 0 Å². The number of rotatable bonds is 3. The summed E-state index contributed by atoms with van der Waals surface area (Å²) in [7, 11) is -1.46. The molecule has 1 aromatic rings. The molecule has 12 heavy (non-hydrogen) atoms. The normalized spacial score (nSPS) is 9.17. The minimum atomic E-state index is -1.46. The summed E-state index contributed by atoms with van der Waals surface area (Å²) < 4.78 is 0. The molecule has 0 atom stereocenters. The minimum absolute atomic E-state index is 0.395. The van der Waals surface area contributed by atoms with Crippen LogP contribution in [-0.2, 0) is 4.79 Å². The summed E-state index contributed by atoms with van der Waals surface area (Å²) >= 11 is 0. The molecule has 0 aliphatic rings. The van der Waals surface area contributed by atoms with E-state index in [0.29, 0.717) is 17.6 Å². The zero-order valence-electron chi connectivity index (χ0n) is 6.27. The summed E-state index contributed by atoms with van der Waals surface area (Å²) in [4.78, 5) is 9.98. The first-order valence-corrected chi connectivity index (χ1v) is 3.40. The van der Waals surface area contributed by atoms with E-state index >= 15 is 0 Å². The van der Waals surface area contributed by atoms with Crippen molar-refractivity contribution in [2.75, 3.05) is 5.32 Å². The Morgan fingerprint density at radius 2 is 1.83 bits per heavy atom. The number of hydrogen-bond donors (Lipinski definition) is 3. The van der Waals surface area contributed by atoms with Gasteiger partial charge in [-0.3, -0.25) is 4.79 Å². The molecule has 1 aromatic carbocycles. The number of nitrogens with one attached hydrogen (secondary N) is 1. The molecule has 1 amide bonds. The van der Waals surface area contributed by atoms with Crippen molar-refractivity contribution >= 4 is 24.7 Å². The molecule has 0 heterocycles. The Morgan fingerprint density at radius 1 is 1.25 bits per heavy atom. The fourth-order valence-corrected chi connectivity index (χ4v) is 0.820. The highest BCUT2D eigenvalue weighted by Gasteiger charge is 2.08. The lowest BCUT2D eigenvalue weighted by atomic mass is 9.80. The molecule has 0 aliphatic carbocycles. The van der Waals surface area contributed by atoms with Crippen LogP contribution in [0.2, 0.25) is 0 Å². The molecule has 0 aliphatic heterocycles. The zero-order valence-corrected chi connectivity index (χ0v) is 6.27. The first kappa shape index (κ1) is 8.77. The van der Waals surface area contributed by atoms with Gasteiger partial charge < -0.3 is 15.4 Å².